The van der Waals surface area contributed by atoms with Gasteiger partial charge < -0.3 is 9.64 Å². The number of morpholine rings is 1. The van der Waals surface area contributed by atoms with Crippen LogP contribution in [0.25, 0.3) is 33.2 Å². The van der Waals surface area contributed by atoms with Gasteiger partial charge in [0.25, 0.3) is 0 Å². The molecule has 1 saturated heterocycles. The lowest BCUT2D eigenvalue weighted by molar-refractivity contribution is -0.00545. The summed E-state index contributed by atoms with van der Waals surface area (Å²) >= 11 is 0. The van der Waals surface area contributed by atoms with Crippen molar-refractivity contribution in [2.45, 2.75) is 44.8 Å². The van der Waals surface area contributed by atoms with Gasteiger partial charge in [0, 0.05) is 47.6 Å². The molecule has 0 spiro atoms. The monoisotopic (exact) mass is 460 g/mol. The topological polar surface area (TPSA) is 62.0 Å². The molecule has 6 rings (SSSR count). The molecule has 0 bridgehead atoms. The summed E-state index contributed by atoms with van der Waals surface area (Å²) < 4.78 is 5.88. The zero-order valence-corrected chi connectivity index (χ0v) is 20.1. The summed E-state index contributed by atoms with van der Waals surface area (Å²) in [5, 5.41) is 10.4. The Labute approximate surface area is 206 Å². The second-order valence-corrected chi connectivity index (χ2v) is 9.82. The number of anilines is 1. The first kappa shape index (κ1) is 21.8. The Morgan fingerprint density at radius 3 is 2.26 bits per heavy atom. The van der Waals surface area contributed by atoms with Crippen LogP contribution in [0.4, 0.5) is 5.82 Å². The van der Waals surface area contributed by atoms with Gasteiger partial charge in [-0.25, -0.2) is 4.98 Å². The van der Waals surface area contributed by atoms with Crippen LogP contribution in [0.1, 0.15) is 43.7 Å². The van der Waals surface area contributed by atoms with Crippen LogP contribution in [0.15, 0.2) is 67.0 Å². The van der Waals surface area contributed by atoms with Crippen molar-refractivity contribution in [1.82, 2.24) is 9.97 Å². The van der Waals surface area contributed by atoms with Crippen LogP contribution in [0.3, 0.4) is 0 Å². The second-order valence-electron chi connectivity index (χ2n) is 9.82. The SMILES string of the molecule is CC1CN(c2ccc(-c3cnc4c(-c5ccc(C#N)cc5)cccc4c3C3CC3)cn2)CC(C)O1. The molecule has 2 atom stereocenters. The zero-order valence-electron chi connectivity index (χ0n) is 20.1. The van der Waals surface area contributed by atoms with E-state index in [-0.39, 0.29) is 12.2 Å². The van der Waals surface area contributed by atoms with Crippen LogP contribution >= 0.6 is 0 Å². The highest BCUT2D eigenvalue weighted by atomic mass is 16.5. The van der Waals surface area contributed by atoms with Gasteiger partial charge >= 0.3 is 0 Å². The molecule has 5 nitrogen and oxygen atoms in total. The van der Waals surface area contributed by atoms with E-state index in [1.54, 1.807) is 0 Å². The molecule has 3 heterocycles. The number of rotatable bonds is 4. The van der Waals surface area contributed by atoms with E-state index in [4.69, 9.17) is 20.0 Å². The molecule has 0 radical (unpaired) electrons. The van der Waals surface area contributed by atoms with Gasteiger partial charge in [0.1, 0.15) is 5.82 Å². The number of para-hydroxylation sites is 1. The van der Waals surface area contributed by atoms with E-state index in [1.807, 2.05) is 36.7 Å². The average Bonchev–Trinajstić information content (AvgIpc) is 3.72. The van der Waals surface area contributed by atoms with Crippen molar-refractivity contribution >= 4 is 16.7 Å². The molecule has 0 amide bonds. The van der Waals surface area contributed by atoms with E-state index in [2.05, 4.69) is 55.1 Å². The molecule has 2 aromatic carbocycles. The van der Waals surface area contributed by atoms with Gasteiger partial charge in [-0.05, 0) is 68.0 Å². The number of aromatic nitrogens is 2. The quantitative estimate of drug-likeness (QED) is 0.356. The molecular formula is C30H28N4O. The molecule has 35 heavy (non-hydrogen) atoms. The molecule has 2 unspecified atom stereocenters. The highest BCUT2D eigenvalue weighted by Gasteiger charge is 2.30. The van der Waals surface area contributed by atoms with Crippen LogP contribution in [-0.4, -0.2) is 35.3 Å². The molecule has 4 aromatic rings. The summed E-state index contributed by atoms with van der Waals surface area (Å²) in [5.41, 5.74) is 7.54. The summed E-state index contributed by atoms with van der Waals surface area (Å²) in [6, 6.07) is 20.7. The average molecular weight is 461 g/mol. The summed E-state index contributed by atoms with van der Waals surface area (Å²) in [6.07, 6.45) is 6.86. The Morgan fingerprint density at radius 1 is 0.857 bits per heavy atom. The van der Waals surface area contributed by atoms with Gasteiger partial charge in [-0.2, -0.15) is 5.26 Å². The first-order valence-corrected chi connectivity index (χ1v) is 12.4. The lowest BCUT2D eigenvalue weighted by Gasteiger charge is -2.36. The number of nitrogens with zero attached hydrogens (tertiary/aromatic N) is 4. The van der Waals surface area contributed by atoms with Crippen molar-refractivity contribution < 1.29 is 4.74 Å². The molecule has 2 aliphatic rings. The van der Waals surface area contributed by atoms with E-state index in [9.17, 15) is 0 Å². The number of benzene rings is 2. The molecule has 1 saturated carbocycles. The minimum absolute atomic E-state index is 0.205. The van der Waals surface area contributed by atoms with Crippen molar-refractivity contribution in [2.75, 3.05) is 18.0 Å². The van der Waals surface area contributed by atoms with Gasteiger partial charge in [-0.15, -0.1) is 0 Å². The van der Waals surface area contributed by atoms with Gasteiger partial charge in [0.2, 0.25) is 0 Å². The lowest BCUT2D eigenvalue weighted by atomic mass is 9.92. The molecule has 5 heteroatoms. The minimum Gasteiger partial charge on any atom is -0.372 e. The molecule has 2 aromatic heterocycles. The summed E-state index contributed by atoms with van der Waals surface area (Å²) in [7, 11) is 0. The fourth-order valence-electron chi connectivity index (χ4n) is 5.34. The molecule has 0 N–H and O–H groups in total. The van der Waals surface area contributed by atoms with E-state index in [0.717, 1.165) is 41.1 Å². The maximum Gasteiger partial charge on any atom is 0.128 e. The molecule has 1 aliphatic carbocycles. The van der Waals surface area contributed by atoms with Crippen molar-refractivity contribution in [3.05, 3.63) is 78.1 Å². The van der Waals surface area contributed by atoms with E-state index in [1.165, 1.54) is 29.4 Å². The first-order valence-electron chi connectivity index (χ1n) is 12.4. The Bertz CT molecular complexity index is 1410. The van der Waals surface area contributed by atoms with Crippen molar-refractivity contribution in [3.63, 3.8) is 0 Å². The summed E-state index contributed by atoms with van der Waals surface area (Å²) in [6.45, 7) is 5.96. The molecule has 174 valence electrons. The predicted molar refractivity (Wildman–Crippen MR) is 139 cm³/mol. The van der Waals surface area contributed by atoms with Crippen LogP contribution in [0, 0.1) is 11.3 Å². The Morgan fingerprint density at radius 2 is 1.60 bits per heavy atom. The minimum atomic E-state index is 0.205. The molecule has 1 aliphatic heterocycles. The van der Waals surface area contributed by atoms with E-state index in [0.29, 0.717) is 11.5 Å². The highest BCUT2D eigenvalue weighted by molar-refractivity contribution is 5.98. The van der Waals surface area contributed by atoms with Crippen LogP contribution in [-0.2, 0) is 4.74 Å². The number of hydrogen-bond donors (Lipinski definition) is 0. The Hall–Kier alpha value is -3.75. The fourth-order valence-corrected chi connectivity index (χ4v) is 5.34. The standard InChI is InChI=1S/C30H28N4O/c1-19-17-34(18-20(2)35-19)28-13-12-24(15-32-28)27-16-33-30-25(22-8-6-21(14-31)7-9-22)4-3-5-26(30)29(27)23-10-11-23/h3-9,12-13,15-16,19-20,23H,10-11,17-18H2,1-2H3. The van der Waals surface area contributed by atoms with Gasteiger partial charge in [0.15, 0.2) is 0 Å². The molecule has 2 fully saturated rings. The van der Waals surface area contributed by atoms with Crippen molar-refractivity contribution in [2.24, 2.45) is 0 Å². The summed E-state index contributed by atoms with van der Waals surface area (Å²) in [4.78, 5) is 12.1. The van der Waals surface area contributed by atoms with Crippen molar-refractivity contribution in [3.8, 4) is 28.3 Å². The zero-order chi connectivity index (χ0) is 23.9. The fraction of sp³-hybridized carbons (Fsp3) is 0.300. The Balaban J connectivity index is 1.40. The predicted octanol–water partition coefficient (Wildman–Crippen LogP) is 6.33. The van der Waals surface area contributed by atoms with Crippen LogP contribution in [0.5, 0.6) is 0 Å². The third kappa shape index (κ3) is 4.15. The Kier molecular flexibility index (Phi) is 5.47. The number of hydrogen-bond acceptors (Lipinski definition) is 5. The second kappa shape index (κ2) is 8.79. The van der Waals surface area contributed by atoms with Gasteiger partial charge in [-0.1, -0.05) is 30.3 Å². The van der Waals surface area contributed by atoms with Gasteiger partial charge in [-0.3, -0.25) is 4.98 Å². The largest absolute Gasteiger partial charge is 0.372 e. The molecular weight excluding hydrogens is 432 g/mol. The third-order valence-electron chi connectivity index (χ3n) is 7.05. The van der Waals surface area contributed by atoms with E-state index >= 15 is 0 Å². The number of fused-ring (bicyclic) bond motifs is 1. The summed E-state index contributed by atoms with van der Waals surface area (Å²) in [5.74, 6) is 1.56. The van der Waals surface area contributed by atoms with Crippen molar-refractivity contribution in [1.29, 1.82) is 5.26 Å². The van der Waals surface area contributed by atoms with Gasteiger partial charge in [0.05, 0.1) is 29.4 Å². The third-order valence-corrected chi connectivity index (χ3v) is 7.05. The maximum absolute atomic E-state index is 9.15. The highest BCUT2D eigenvalue weighted by Crippen LogP contribution is 2.48. The number of ether oxygens (including phenoxy) is 1. The lowest BCUT2D eigenvalue weighted by Crippen LogP contribution is -2.45. The number of nitriles is 1. The maximum atomic E-state index is 9.15. The van der Waals surface area contributed by atoms with Crippen LogP contribution < -0.4 is 4.90 Å². The number of pyridine rings is 2. The first-order chi connectivity index (χ1) is 17.1. The van der Waals surface area contributed by atoms with Crippen LogP contribution in [0.2, 0.25) is 0 Å². The van der Waals surface area contributed by atoms with E-state index < -0.39 is 0 Å². The smallest absolute Gasteiger partial charge is 0.128 e. The normalized spacial score (nSPS) is 20.1.